The SMILES string of the molecule is O=C(O)C1CCCN1C(c1ccc2c(c1)OCO2)c1ccc2c(c1)OCO2. The number of aliphatic carboxylic acids is 1. The molecule has 0 radical (unpaired) electrons. The number of hydrogen-bond donors (Lipinski definition) is 1. The number of hydrogen-bond acceptors (Lipinski definition) is 6. The Kier molecular flexibility index (Phi) is 3.82. The number of nitrogens with zero attached hydrogens (tertiary/aromatic N) is 1. The lowest BCUT2D eigenvalue weighted by Gasteiger charge is -2.32. The summed E-state index contributed by atoms with van der Waals surface area (Å²) in [6, 6.07) is 10.8. The quantitative estimate of drug-likeness (QED) is 0.888. The van der Waals surface area contributed by atoms with Crippen molar-refractivity contribution in [3.63, 3.8) is 0 Å². The molecule has 0 aromatic heterocycles. The number of carbonyl (C=O) groups is 1. The summed E-state index contributed by atoms with van der Waals surface area (Å²) in [6.07, 6.45) is 1.49. The molecule has 2 aromatic rings. The first-order valence-electron chi connectivity index (χ1n) is 8.98. The van der Waals surface area contributed by atoms with E-state index in [0.717, 1.165) is 17.5 Å². The molecule has 1 atom stereocenters. The maximum absolute atomic E-state index is 11.8. The van der Waals surface area contributed by atoms with Crippen molar-refractivity contribution in [2.75, 3.05) is 20.1 Å². The van der Waals surface area contributed by atoms with Crippen LogP contribution in [0.15, 0.2) is 36.4 Å². The van der Waals surface area contributed by atoms with Crippen molar-refractivity contribution in [3.05, 3.63) is 47.5 Å². The first kappa shape index (κ1) is 16.3. The predicted molar refractivity (Wildman–Crippen MR) is 94.3 cm³/mol. The van der Waals surface area contributed by atoms with Crippen molar-refractivity contribution in [2.45, 2.75) is 24.9 Å². The van der Waals surface area contributed by atoms with E-state index < -0.39 is 12.0 Å². The third kappa shape index (κ3) is 2.75. The summed E-state index contributed by atoms with van der Waals surface area (Å²) in [5.74, 6) is 1.99. The number of benzene rings is 2. The van der Waals surface area contributed by atoms with Crippen LogP contribution >= 0.6 is 0 Å². The number of rotatable bonds is 4. The van der Waals surface area contributed by atoms with Crippen LogP contribution in [0, 0.1) is 0 Å². The van der Waals surface area contributed by atoms with Crippen LogP contribution in [0.3, 0.4) is 0 Å². The predicted octanol–water partition coefficient (Wildman–Crippen LogP) is 2.78. The van der Waals surface area contributed by atoms with Gasteiger partial charge >= 0.3 is 5.97 Å². The minimum absolute atomic E-state index is 0.203. The Hall–Kier alpha value is -2.93. The van der Waals surface area contributed by atoms with Gasteiger partial charge in [0.15, 0.2) is 23.0 Å². The topological polar surface area (TPSA) is 77.5 Å². The fourth-order valence-electron chi connectivity index (χ4n) is 4.11. The molecule has 5 rings (SSSR count). The van der Waals surface area contributed by atoms with Crippen molar-refractivity contribution >= 4 is 5.97 Å². The lowest BCUT2D eigenvalue weighted by atomic mass is 9.95. The highest BCUT2D eigenvalue weighted by Gasteiger charge is 2.37. The second-order valence-electron chi connectivity index (χ2n) is 6.86. The van der Waals surface area contributed by atoms with E-state index in [4.69, 9.17) is 18.9 Å². The largest absolute Gasteiger partial charge is 0.480 e. The standard InChI is InChI=1S/C20H19NO6/c22-20(23)14-2-1-7-21(14)19(12-3-5-15-17(8-12)26-10-24-15)13-4-6-16-18(9-13)27-11-25-16/h3-6,8-9,14,19H,1-2,7,10-11H2,(H,22,23). The van der Waals surface area contributed by atoms with Gasteiger partial charge in [-0.2, -0.15) is 0 Å². The zero-order valence-corrected chi connectivity index (χ0v) is 14.6. The zero-order chi connectivity index (χ0) is 18.4. The Morgan fingerprint density at radius 2 is 1.48 bits per heavy atom. The van der Waals surface area contributed by atoms with Gasteiger partial charge in [-0.15, -0.1) is 0 Å². The van der Waals surface area contributed by atoms with Gasteiger partial charge in [-0.3, -0.25) is 9.69 Å². The van der Waals surface area contributed by atoms with E-state index in [0.29, 0.717) is 36.0 Å². The first-order valence-corrected chi connectivity index (χ1v) is 8.98. The number of carboxylic acid groups (broad SMARTS) is 1. The molecule has 2 aromatic carbocycles. The van der Waals surface area contributed by atoms with Gasteiger partial charge in [-0.25, -0.2) is 0 Å². The molecule has 0 amide bonds. The summed E-state index contributed by atoms with van der Waals surface area (Å²) in [4.78, 5) is 13.9. The summed E-state index contributed by atoms with van der Waals surface area (Å²) in [5, 5.41) is 9.71. The van der Waals surface area contributed by atoms with E-state index in [1.54, 1.807) is 0 Å². The number of ether oxygens (including phenoxy) is 4. The van der Waals surface area contributed by atoms with Gasteiger partial charge in [-0.05, 0) is 48.2 Å². The Labute approximate surface area is 156 Å². The molecule has 27 heavy (non-hydrogen) atoms. The third-order valence-electron chi connectivity index (χ3n) is 5.34. The number of carboxylic acids is 1. The van der Waals surface area contributed by atoms with Crippen LogP contribution < -0.4 is 18.9 Å². The molecule has 7 nitrogen and oxygen atoms in total. The molecule has 1 fully saturated rings. The van der Waals surface area contributed by atoms with Gasteiger partial charge in [0.2, 0.25) is 13.6 Å². The zero-order valence-electron chi connectivity index (χ0n) is 14.6. The van der Waals surface area contributed by atoms with Crippen LogP contribution in [0.2, 0.25) is 0 Å². The molecule has 0 aliphatic carbocycles. The van der Waals surface area contributed by atoms with E-state index in [9.17, 15) is 9.90 Å². The van der Waals surface area contributed by atoms with E-state index in [1.165, 1.54) is 0 Å². The minimum Gasteiger partial charge on any atom is -0.480 e. The molecule has 3 heterocycles. The third-order valence-corrected chi connectivity index (χ3v) is 5.34. The van der Waals surface area contributed by atoms with Gasteiger partial charge in [0.1, 0.15) is 6.04 Å². The second-order valence-corrected chi connectivity index (χ2v) is 6.86. The lowest BCUT2D eigenvalue weighted by Crippen LogP contribution is -2.39. The molecule has 0 spiro atoms. The smallest absolute Gasteiger partial charge is 0.320 e. The molecule has 0 bridgehead atoms. The molecule has 1 saturated heterocycles. The highest BCUT2D eigenvalue weighted by atomic mass is 16.7. The van der Waals surface area contributed by atoms with Crippen LogP contribution in [0.25, 0.3) is 0 Å². The average molecular weight is 369 g/mol. The Bertz CT molecular complexity index is 841. The molecule has 1 unspecified atom stereocenters. The van der Waals surface area contributed by atoms with Crippen molar-refractivity contribution in [3.8, 4) is 23.0 Å². The Morgan fingerprint density at radius 1 is 0.926 bits per heavy atom. The summed E-state index contributed by atoms with van der Waals surface area (Å²) in [7, 11) is 0. The van der Waals surface area contributed by atoms with Crippen molar-refractivity contribution in [1.82, 2.24) is 4.90 Å². The monoisotopic (exact) mass is 369 g/mol. The van der Waals surface area contributed by atoms with Crippen LogP contribution in [-0.4, -0.2) is 42.1 Å². The molecule has 3 aliphatic rings. The average Bonchev–Trinajstić information content (AvgIpc) is 3.41. The maximum atomic E-state index is 11.8. The molecule has 7 heteroatoms. The van der Waals surface area contributed by atoms with Gasteiger partial charge < -0.3 is 24.1 Å². The van der Waals surface area contributed by atoms with Gasteiger partial charge in [0.25, 0.3) is 0 Å². The molecular weight excluding hydrogens is 350 g/mol. The lowest BCUT2D eigenvalue weighted by molar-refractivity contribution is -0.142. The minimum atomic E-state index is -0.793. The van der Waals surface area contributed by atoms with E-state index in [2.05, 4.69) is 0 Å². The van der Waals surface area contributed by atoms with Crippen molar-refractivity contribution in [2.24, 2.45) is 0 Å². The summed E-state index contributed by atoms with van der Waals surface area (Å²) >= 11 is 0. The van der Waals surface area contributed by atoms with Gasteiger partial charge in [-0.1, -0.05) is 12.1 Å². The van der Waals surface area contributed by atoms with Crippen LogP contribution in [0.4, 0.5) is 0 Å². The summed E-state index contributed by atoms with van der Waals surface area (Å²) < 4.78 is 21.9. The second kappa shape index (κ2) is 6.35. The number of fused-ring (bicyclic) bond motifs is 2. The van der Waals surface area contributed by atoms with Gasteiger partial charge in [0, 0.05) is 6.54 Å². The van der Waals surface area contributed by atoms with Crippen LogP contribution in [-0.2, 0) is 4.79 Å². The van der Waals surface area contributed by atoms with E-state index >= 15 is 0 Å². The molecular formula is C20H19NO6. The van der Waals surface area contributed by atoms with Gasteiger partial charge in [0.05, 0.1) is 6.04 Å². The fraction of sp³-hybridized carbons (Fsp3) is 0.350. The summed E-state index contributed by atoms with van der Waals surface area (Å²) in [6.45, 7) is 1.12. The van der Waals surface area contributed by atoms with E-state index in [-0.39, 0.29) is 19.6 Å². The normalized spacial score (nSPS) is 20.4. The molecule has 0 saturated carbocycles. The Morgan fingerprint density at radius 3 is 2.04 bits per heavy atom. The van der Waals surface area contributed by atoms with E-state index in [1.807, 2.05) is 41.3 Å². The summed E-state index contributed by atoms with van der Waals surface area (Å²) in [5.41, 5.74) is 1.93. The van der Waals surface area contributed by atoms with Crippen LogP contribution in [0.5, 0.6) is 23.0 Å². The fourth-order valence-corrected chi connectivity index (χ4v) is 4.11. The molecule has 3 aliphatic heterocycles. The molecule has 140 valence electrons. The number of likely N-dealkylation sites (tertiary alicyclic amines) is 1. The maximum Gasteiger partial charge on any atom is 0.320 e. The van der Waals surface area contributed by atoms with Crippen molar-refractivity contribution in [1.29, 1.82) is 0 Å². The van der Waals surface area contributed by atoms with Crippen LogP contribution in [0.1, 0.15) is 30.0 Å². The Balaban J connectivity index is 1.60. The van der Waals surface area contributed by atoms with Crippen molar-refractivity contribution < 1.29 is 28.8 Å². The highest BCUT2D eigenvalue weighted by Crippen LogP contribution is 2.42. The first-order chi connectivity index (χ1) is 13.2. The molecule has 1 N–H and O–H groups in total. The highest BCUT2D eigenvalue weighted by molar-refractivity contribution is 5.74.